The van der Waals surface area contributed by atoms with Gasteiger partial charge in [0, 0.05) is 37.1 Å². The highest BCUT2D eigenvalue weighted by Gasteiger charge is 2.34. The zero-order valence-electron chi connectivity index (χ0n) is 19.3. The number of carbonyl (C=O) groups is 2. The van der Waals surface area contributed by atoms with Gasteiger partial charge in [0.15, 0.2) is 6.10 Å². The number of carbonyl (C=O) groups excluding carboxylic acids is 2. The smallest absolute Gasteiger partial charge is 0.462 e. The summed E-state index contributed by atoms with van der Waals surface area (Å²) in [5.74, 6) is -1.45. The van der Waals surface area contributed by atoms with Gasteiger partial charge < -0.3 is 18.5 Å². The quantitative estimate of drug-likeness (QED) is 0.147. The zero-order chi connectivity index (χ0) is 26.7. The van der Waals surface area contributed by atoms with E-state index in [0.717, 1.165) is 48.5 Å². The van der Waals surface area contributed by atoms with Crippen molar-refractivity contribution in [2.45, 2.75) is 32.8 Å². The van der Waals surface area contributed by atoms with Crippen LogP contribution in [0, 0.1) is 20.2 Å². The summed E-state index contributed by atoms with van der Waals surface area (Å²) in [5, 5.41) is 21.7. The second kappa shape index (κ2) is 13.2. The lowest BCUT2D eigenvalue weighted by molar-refractivity contribution is -0.385. The molecule has 0 fully saturated rings. The van der Waals surface area contributed by atoms with Crippen molar-refractivity contribution in [2.24, 2.45) is 0 Å². The number of non-ortho nitro benzene ring substituents is 2. The van der Waals surface area contributed by atoms with E-state index in [1.54, 1.807) is 13.8 Å². The van der Waals surface area contributed by atoms with E-state index in [-0.39, 0.29) is 35.7 Å². The Bertz CT molecular complexity index is 1060. The van der Waals surface area contributed by atoms with Gasteiger partial charge in [0.05, 0.1) is 9.85 Å². The van der Waals surface area contributed by atoms with E-state index < -0.39 is 48.9 Å². The first kappa shape index (κ1) is 28.2. The second-order valence-corrected chi connectivity index (χ2v) is 8.45. The molecule has 0 spiro atoms. The van der Waals surface area contributed by atoms with E-state index in [2.05, 4.69) is 0 Å². The third kappa shape index (κ3) is 8.96. The number of rotatable bonds is 14. The van der Waals surface area contributed by atoms with E-state index in [1.807, 2.05) is 0 Å². The number of nitro benzene ring substituents is 2. The molecule has 2 aromatic carbocycles. The van der Waals surface area contributed by atoms with Crippen LogP contribution in [-0.2, 0) is 28.2 Å². The largest absolute Gasteiger partial charge is 0.587 e. The highest BCUT2D eigenvalue weighted by molar-refractivity contribution is 7.49. The van der Waals surface area contributed by atoms with Crippen LogP contribution >= 0.6 is 7.82 Å². The van der Waals surface area contributed by atoms with Gasteiger partial charge in [0.1, 0.15) is 24.7 Å². The predicted molar refractivity (Wildman–Crippen MR) is 122 cm³/mol. The van der Waals surface area contributed by atoms with Crippen molar-refractivity contribution in [2.75, 3.05) is 13.2 Å². The van der Waals surface area contributed by atoms with Crippen LogP contribution in [0.4, 0.5) is 11.4 Å². The van der Waals surface area contributed by atoms with Gasteiger partial charge in [-0.2, -0.15) is 0 Å². The van der Waals surface area contributed by atoms with Crippen molar-refractivity contribution in [3.05, 3.63) is 68.8 Å². The molecule has 0 radical (unpaired) electrons. The summed E-state index contributed by atoms with van der Waals surface area (Å²) in [6.45, 7) is 2.13. The van der Waals surface area contributed by atoms with Gasteiger partial charge >= 0.3 is 19.8 Å². The maximum Gasteiger partial charge on any atom is 0.587 e. The molecule has 0 amide bonds. The molecule has 1 atom stereocenters. The monoisotopic (exact) mass is 526 g/mol. The Labute approximate surface area is 205 Å². The highest BCUT2D eigenvalue weighted by Crippen LogP contribution is 2.50. The Morgan fingerprint density at radius 1 is 0.806 bits per heavy atom. The molecule has 0 N–H and O–H groups in total. The molecule has 2 aromatic rings. The van der Waals surface area contributed by atoms with Crippen LogP contribution in [0.2, 0.25) is 0 Å². The van der Waals surface area contributed by atoms with Crippen molar-refractivity contribution in [1.82, 2.24) is 0 Å². The topological polar surface area (TPSA) is 184 Å². The molecule has 15 heteroatoms. The first-order chi connectivity index (χ1) is 17.0. The normalized spacial score (nSPS) is 11.7. The fraction of sp³-hybridized carbons (Fsp3) is 0.333. The number of hydrogen-bond acceptors (Lipinski definition) is 12. The van der Waals surface area contributed by atoms with Gasteiger partial charge in [0.25, 0.3) is 11.4 Å². The second-order valence-electron chi connectivity index (χ2n) is 6.93. The predicted octanol–water partition coefficient (Wildman–Crippen LogP) is 4.36. The van der Waals surface area contributed by atoms with Crippen LogP contribution in [0.15, 0.2) is 48.5 Å². The molecule has 14 nitrogen and oxygen atoms in total. The molecule has 1 unspecified atom stereocenters. The van der Waals surface area contributed by atoms with Gasteiger partial charge in [-0.3, -0.25) is 34.3 Å². The third-order valence-corrected chi connectivity index (χ3v) is 5.59. The fourth-order valence-electron chi connectivity index (χ4n) is 2.43. The minimum Gasteiger partial charge on any atom is -0.462 e. The van der Waals surface area contributed by atoms with E-state index in [1.165, 1.54) is 0 Å². The number of hydrogen-bond donors (Lipinski definition) is 0. The standard InChI is InChI=1S/C21H23N2O12P/c1-3-20(24)31-13-19(33-21(25)4-2)14-32-36(30,34-17-9-5-15(6-10-17)22(26)27)35-18-11-7-16(8-12-18)23(28)29/h5-12,19H,3-4,13-14H2,1-2H3. The first-order valence-electron chi connectivity index (χ1n) is 10.5. The molecule has 194 valence electrons. The molecule has 36 heavy (non-hydrogen) atoms. The number of nitro groups is 2. The maximum absolute atomic E-state index is 13.5. The molecule has 2 rings (SSSR count). The number of nitrogens with zero attached hydrogens (tertiary/aromatic N) is 2. The van der Waals surface area contributed by atoms with Gasteiger partial charge in [-0.1, -0.05) is 13.8 Å². The molecule has 0 aliphatic heterocycles. The Kier molecular flexibility index (Phi) is 10.3. The van der Waals surface area contributed by atoms with Gasteiger partial charge in [0.2, 0.25) is 0 Å². The Morgan fingerprint density at radius 2 is 1.25 bits per heavy atom. The molecule has 0 aliphatic rings. The van der Waals surface area contributed by atoms with Crippen LogP contribution in [0.3, 0.4) is 0 Å². The summed E-state index contributed by atoms with van der Waals surface area (Å²) in [6, 6.07) is 9.03. The van der Waals surface area contributed by atoms with E-state index in [0.29, 0.717) is 0 Å². The summed E-state index contributed by atoms with van der Waals surface area (Å²) in [6.07, 6.45) is -1.09. The molecular formula is C21H23N2O12P. The molecule has 0 saturated carbocycles. The molecule has 0 aliphatic carbocycles. The number of esters is 2. The summed E-state index contributed by atoms with van der Waals surface area (Å²) in [4.78, 5) is 43.7. The van der Waals surface area contributed by atoms with Crippen molar-refractivity contribution in [1.29, 1.82) is 0 Å². The Balaban J connectivity index is 2.26. The molecule has 0 aromatic heterocycles. The Hall–Kier alpha value is -4.03. The van der Waals surface area contributed by atoms with Crippen molar-refractivity contribution >= 4 is 31.1 Å². The zero-order valence-corrected chi connectivity index (χ0v) is 20.2. The minimum absolute atomic E-state index is 0.00841. The van der Waals surface area contributed by atoms with E-state index >= 15 is 0 Å². The van der Waals surface area contributed by atoms with Gasteiger partial charge in [-0.15, -0.1) is 0 Å². The van der Waals surface area contributed by atoms with Crippen LogP contribution < -0.4 is 9.05 Å². The first-order valence-corrected chi connectivity index (χ1v) is 12.0. The van der Waals surface area contributed by atoms with Crippen molar-refractivity contribution in [3.63, 3.8) is 0 Å². The molecule has 0 saturated heterocycles. The van der Waals surface area contributed by atoms with Gasteiger partial charge in [-0.25, -0.2) is 4.57 Å². The molecular weight excluding hydrogens is 503 g/mol. The van der Waals surface area contributed by atoms with E-state index in [9.17, 15) is 34.4 Å². The number of ether oxygens (including phenoxy) is 2. The molecule has 0 heterocycles. The highest BCUT2D eigenvalue weighted by atomic mass is 31.2. The lowest BCUT2D eigenvalue weighted by Gasteiger charge is -2.22. The number of phosphoric acid groups is 1. The average Bonchev–Trinajstić information content (AvgIpc) is 2.85. The van der Waals surface area contributed by atoms with Crippen LogP contribution in [0.5, 0.6) is 11.5 Å². The number of benzene rings is 2. The number of phosphoric ester groups is 1. The fourth-order valence-corrected chi connectivity index (χ4v) is 3.69. The van der Waals surface area contributed by atoms with Gasteiger partial charge in [-0.05, 0) is 24.3 Å². The Morgan fingerprint density at radius 3 is 1.64 bits per heavy atom. The third-order valence-electron chi connectivity index (χ3n) is 4.25. The minimum atomic E-state index is -4.57. The summed E-state index contributed by atoms with van der Waals surface area (Å²) >= 11 is 0. The van der Waals surface area contributed by atoms with Crippen LogP contribution in [-0.4, -0.2) is 41.1 Å². The average molecular weight is 526 g/mol. The van der Waals surface area contributed by atoms with Crippen LogP contribution in [0.25, 0.3) is 0 Å². The van der Waals surface area contributed by atoms with Crippen LogP contribution in [0.1, 0.15) is 26.7 Å². The van der Waals surface area contributed by atoms with Crippen molar-refractivity contribution < 1.29 is 47.0 Å². The summed E-state index contributed by atoms with van der Waals surface area (Å²) < 4.78 is 39.6. The maximum atomic E-state index is 13.5. The molecule has 0 bridgehead atoms. The summed E-state index contributed by atoms with van der Waals surface area (Å²) in [5.41, 5.74) is -0.502. The lowest BCUT2D eigenvalue weighted by Crippen LogP contribution is -2.29. The van der Waals surface area contributed by atoms with Crippen molar-refractivity contribution in [3.8, 4) is 11.5 Å². The SMILES string of the molecule is CCC(=O)OCC(COP(=O)(Oc1ccc([N+](=O)[O-])cc1)Oc1ccc([N+](=O)[O-])cc1)OC(=O)CC. The summed E-state index contributed by atoms with van der Waals surface area (Å²) in [7, 11) is -4.57. The van der Waals surface area contributed by atoms with E-state index in [4.69, 9.17) is 23.0 Å². The lowest BCUT2D eigenvalue weighted by atomic mass is 10.3.